The third-order valence-electron chi connectivity index (χ3n) is 3.41. The van der Waals surface area contributed by atoms with E-state index >= 15 is 0 Å². The zero-order chi connectivity index (χ0) is 17.3. The van der Waals surface area contributed by atoms with E-state index in [1.54, 1.807) is 0 Å². The first-order valence-electron chi connectivity index (χ1n) is 7.58. The number of nitrogen functional groups attached to an aromatic ring is 1. The minimum absolute atomic E-state index is 0.164. The Bertz CT molecular complexity index is 831. The summed E-state index contributed by atoms with van der Waals surface area (Å²) in [6.07, 6.45) is 0. The van der Waals surface area contributed by atoms with Gasteiger partial charge in [-0.3, -0.25) is 0 Å². The summed E-state index contributed by atoms with van der Waals surface area (Å²) in [6.45, 7) is 8.13. The largest absolute Gasteiger partial charge is 0.339 e. The van der Waals surface area contributed by atoms with E-state index in [1.165, 1.54) is 22.0 Å². The van der Waals surface area contributed by atoms with Crippen molar-refractivity contribution in [2.24, 2.45) is 0 Å². The van der Waals surface area contributed by atoms with E-state index in [0.29, 0.717) is 28.4 Å². The molecule has 3 aromatic rings. The van der Waals surface area contributed by atoms with Crippen LogP contribution in [-0.2, 0) is 11.2 Å². The Morgan fingerprint density at radius 1 is 1.17 bits per heavy atom. The average molecular weight is 344 g/mol. The minimum atomic E-state index is -0.164. The van der Waals surface area contributed by atoms with Crippen molar-refractivity contribution in [2.45, 2.75) is 44.0 Å². The highest BCUT2D eigenvalue weighted by molar-refractivity contribution is 7.98. The molecule has 24 heavy (non-hydrogen) atoms. The molecule has 0 saturated carbocycles. The fourth-order valence-corrected chi connectivity index (χ4v) is 2.72. The predicted molar refractivity (Wildman–Crippen MR) is 92.9 cm³/mol. The van der Waals surface area contributed by atoms with E-state index in [0.717, 1.165) is 5.56 Å². The molecule has 0 unspecified atom stereocenters. The van der Waals surface area contributed by atoms with Crippen molar-refractivity contribution < 1.29 is 4.52 Å². The molecular formula is C16H20N6OS. The van der Waals surface area contributed by atoms with Gasteiger partial charge in [0.15, 0.2) is 11.6 Å². The lowest BCUT2D eigenvalue weighted by Crippen LogP contribution is -2.12. The summed E-state index contributed by atoms with van der Waals surface area (Å²) in [5.41, 5.74) is 1.95. The van der Waals surface area contributed by atoms with E-state index in [2.05, 4.69) is 20.3 Å². The Balaban J connectivity index is 1.73. The fraction of sp³-hybridized carbons (Fsp3) is 0.375. The molecule has 0 atom stereocenters. The van der Waals surface area contributed by atoms with Gasteiger partial charge in [-0.15, -0.1) is 10.2 Å². The second kappa shape index (κ2) is 6.27. The van der Waals surface area contributed by atoms with Crippen LogP contribution in [0.15, 0.2) is 33.9 Å². The number of rotatable bonds is 4. The lowest BCUT2D eigenvalue weighted by atomic mass is 9.97. The maximum Gasteiger partial charge on any atom is 0.232 e. The molecule has 1 aromatic carbocycles. The molecule has 2 N–H and O–H groups in total. The van der Waals surface area contributed by atoms with Crippen molar-refractivity contribution in [3.05, 3.63) is 41.5 Å². The van der Waals surface area contributed by atoms with E-state index in [9.17, 15) is 0 Å². The van der Waals surface area contributed by atoms with Crippen molar-refractivity contribution in [1.82, 2.24) is 25.0 Å². The molecule has 3 rings (SSSR count). The second-order valence-electron chi connectivity index (χ2n) is 6.60. The van der Waals surface area contributed by atoms with E-state index in [1.807, 2.05) is 52.0 Å². The van der Waals surface area contributed by atoms with Crippen LogP contribution < -0.4 is 5.84 Å². The van der Waals surface area contributed by atoms with Gasteiger partial charge in [-0.05, 0) is 6.92 Å². The zero-order valence-corrected chi connectivity index (χ0v) is 15.0. The quantitative estimate of drug-likeness (QED) is 0.574. The van der Waals surface area contributed by atoms with Crippen LogP contribution in [0.2, 0.25) is 0 Å². The molecule has 0 aliphatic carbocycles. The summed E-state index contributed by atoms with van der Waals surface area (Å²) in [4.78, 5) is 4.40. The number of aromatic nitrogens is 5. The summed E-state index contributed by atoms with van der Waals surface area (Å²) in [5, 5.41) is 12.9. The van der Waals surface area contributed by atoms with Gasteiger partial charge in [0.25, 0.3) is 0 Å². The molecular weight excluding hydrogens is 324 g/mol. The Morgan fingerprint density at radius 2 is 1.88 bits per heavy atom. The lowest BCUT2D eigenvalue weighted by molar-refractivity contribution is 0.319. The van der Waals surface area contributed by atoms with Crippen LogP contribution in [0.4, 0.5) is 0 Å². The van der Waals surface area contributed by atoms with Crippen LogP contribution in [-0.4, -0.2) is 25.0 Å². The number of hydrogen-bond acceptors (Lipinski definition) is 7. The number of nitrogens with two attached hydrogens (primary N) is 1. The van der Waals surface area contributed by atoms with E-state index in [4.69, 9.17) is 10.4 Å². The van der Waals surface area contributed by atoms with Crippen molar-refractivity contribution in [3.63, 3.8) is 0 Å². The van der Waals surface area contributed by atoms with Crippen LogP contribution >= 0.6 is 11.8 Å². The first-order valence-corrected chi connectivity index (χ1v) is 8.56. The summed E-state index contributed by atoms with van der Waals surface area (Å²) >= 11 is 1.42. The second-order valence-corrected chi connectivity index (χ2v) is 7.54. The highest BCUT2D eigenvalue weighted by Gasteiger charge is 2.22. The van der Waals surface area contributed by atoms with Gasteiger partial charge in [0.1, 0.15) is 0 Å². The first-order chi connectivity index (χ1) is 11.3. The Hall–Kier alpha value is -2.35. The standard InChI is InChI=1S/C16H20N6OS/c1-10-5-7-11(8-6-10)13-19-20-15(22(13)17)24-9-12-18-14(23-21-12)16(2,3)4/h5-8H,9,17H2,1-4H3. The fourth-order valence-electron chi connectivity index (χ4n) is 2.02. The highest BCUT2D eigenvalue weighted by Crippen LogP contribution is 2.25. The Labute approximate surface area is 144 Å². The highest BCUT2D eigenvalue weighted by atomic mass is 32.2. The third-order valence-corrected chi connectivity index (χ3v) is 4.35. The number of aryl methyl sites for hydroxylation is 1. The molecule has 0 radical (unpaired) electrons. The summed E-state index contributed by atoms with van der Waals surface area (Å²) < 4.78 is 6.77. The molecule has 0 saturated heterocycles. The van der Waals surface area contributed by atoms with Crippen LogP contribution in [0.1, 0.15) is 38.0 Å². The van der Waals surface area contributed by atoms with Crippen LogP contribution in [0.3, 0.4) is 0 Å². The lowest BCUT2D eigenvalue weighted by Gasteiger charge is -2.10. The van der Waals surface area contributed by atoms with Crippen molar-refractivity contribution >= 4 is 11.8 Å². The molecule has 0 spiro atoms. The number of thioether (sulfide) groups is 1. The number of benzene rings is 1. The smallest absolute Gasteiger partial charge is 0.232 e. The maximum atomic E-state index is 6.12. The van der Waals surface area contributed by atoms with E-state index < -0.39 is 0 Å². The van der Waals surface area contributed by atoms with Gasteiger partial charge in [-0.2, -0.15) is 4.98 Å². The van der Waals surface area contributed by atoms with Crippen molar-refractivity contribution in [3.8, 4) is 11.4 Å². The van der Waals surface area contributed by atoms with Crippen LogP contribution in [0.25, 0.3) is 11.4 Å². The van der Waals surface area contributed by atoms with E-state index in [-0.39, 0.29) is 5.41 Å². The van der Waals surface area contributed by atoms with Crippen LogP contribution in [0, 0.1) is 6.92 Å². The Kier molecular flexibility index (Phi) is 4.31. The van der Waals surface area contributed by atoms with Gasteiger partial charge in [0, 0.05) is 11.0 Å². The molecule has 0 bridgehead atoms. The predicted octanol–water partition coefficient (Wildman–Crippen LogP) is 2.94. The molecule has 0 amide bonds. The SMILES string of the molecule is Cc1ccc(-c2nnc(SCc3noc(C(C)(C)C)n3)n2N)cc1. The number of hydrogen-bond donors (Lipinski definition) is 1. The topological polar surface area (TPSA) is 95.6 Å². The van der Waals surface area contributed by atoms with Gasteiger partial charge < -0.3 is 10.4 Å². The van der Waals surface area contributed by atoms with Gasteiger partial charge >= 0.3 is 0 Å². The summed E-state index contributed by atoms with van der Waals surface area (Å²) in [5.74, 6) is 8.49. The summed E-state index contributed by atoms with van der Waals surface area (Å²) in [7, 11) is 0. The average Bonchev–Trinajstić information content (AvgIpc) is 3.13. The molecule has 0 fully saturated rings. The molecule has 0 aliphatic heterocycles. The van der Waals surface area contributed by atoms with Crippen molar-refractivity contribution in [2.75, 3.05) is 5.84 Å². The summed E-state index contributed by atoms with van der Waals surface area (Å²) in [6, 6.07) is 7.99. The number of nitrogens with zero attached hydrogens (tertiary/aromatic N) is 5. The molecule has 2 heterocycles. The normalized spacial score (nSPS) is 11.8. The molecule has 7 nitrogen and oxygen atoms in total. The third kappa shape index (κ3) is 3.43. The van der Waals surface area contributed by atoms with Gasteiger partial charge in [0.2, 0.25) is 11.0 Å². The first kappa shape index (κ1) is 16.5. The maximum absolute atomic E-state index is 6.12. The van der Waals surface area contributed by atoms with Gasteiger partial charge in [-0.1, -0.05) is 67.5 Å². The zero-order valence-electron chi connectivity index (χ0n) is 14.1. The van der Waals surface area contributed by atoms with Gasteiger partial charge in [-0.25, -0.2) is 4.68 Å². The van der Waals surface area contributed by atoms with Gasteiger partial charge in [0.05, 0.1) is 5.75 Å². The van der Waals surface area contributed by atoms with Crippen molar-refractivity contribution in [1.29, 1.82) is 0 Å². The molecule has 126 valence electrons. The molecule has 0 aliphatic rings. The molecule has 8 heteroatoms. The Morgan fingerprint density at radius 3 is 2.50 bits per heavy atom. The monoisotopic (exact) mass is 344 g/mol. The van der Waals surface area contributed by atoms with Crippen LogP contribution in [0.5, 0.6) is 0 Å². The minimum Gasteiger partial charge on any atom is -0.339 e. The molecule has 2 aromatic heterocycles.